The second-order valence-corrected chi connectivity index (χ2v) is 8.25. The number of nitrogens with zero attached hydrogens (tertiary/aromatic N) is 2. The van der Waals surface area contributed by atoms with Gasteiger partial charge in [-0.05, 0) is 57.2 Å². The monoisotopic (exact) mass is 380 g/mol. The largest absolute Gasteiger partial charge is 0.442 e. The van der Waals surface area contributed by atoms with Crippen molar-refractivity contribution >= 4 is 22.8 Å². The fourth-order valence-corrected chi connectivity index (χ4v) is 3.85. The van der Waals surface area contributed by atoms with Gasteiger partial charge in [-0.15, -0.1) is 0 Å². The summed E-state index contributed by atoms with van der Waals surface area (Å²) in [6.07, 6.45) is 3.81. The first-order valence-electron chi connectivity index (χ1n) is 9.47. The van der Waals surface area contributed by atoms with Gasteiger partial charge in [-0.25, -0.2) is 9.37 Å². The Hall–Kier alpha value is -2.96. The average molecular weight is 380 g/mol. The van der Waals surface area contributed by atoms with Gasteiger partial charge in [0.1, 0.15) is 23.2 Å². The Morgan fingerprint density at radius 1 is 1.18 bits per heavy atom. The first-order valence-corrected chi connectivity index (χ1v) is 9.47. The molecule has 0 unspecified atom stereocenters. The minimum absolute atomic E-state index is 0.0504. The standard InChI is InChI=1S/C21H21FN4O2/c1-11-14(16(23)27)15-17(26-20(2)7-8-20)24-19(25-18(15)28-11)21(9-10-21)12-3-5-13(22)6-4-12/h3-6H,7-10H2,1-2H3,(H2,23,27)(H,24,25,26). The summed E-state index contributed by atoms with van der Waals surface area (Å²) in [6, 6.07) is 6.49. The van der Waals surface area contributed by atoms with E-state index in [2.05, 4.69) is 17.2 Å². The van der Waals surface area contributed by atoms with Gasteiger partial charge in [0.2, 0.25) is 5.71 Å². The summed E-state index contributed by atoms with van der Waals surface area (Å²) >= 11 is 0. The fourth-order valence-electron chi connectivity index (χ4n) is 3.85. The number of aromatic nitrogens is 2. The molecular weight excluding hydrogens is 359 g/mol. The van der Waals surface area contributed by atoms with Crippen LogP contribution >= 0.6 is 0 Å². The molecule has 5 rings (SSSR count). The molecule has 2 aliphatic rings. The maximum atomic E-state index is 13.4. The van der Waals surface area contributed by atoms with Gasteiger partial charge in [0.15, 0.2) is 0 Å². The first-order chi connectivity index (χ1) is 13.3. The molecule has 0 saturated heterocycles. The van der Waals surface area contributed by atoms with Gasteiger partial charge in [-0.3, -0.25) is 4.79 Å². The number of aryl methyl sites for hydroxylation is 1. The van der Waals surface area contributed by atoms with Crippen LogP contribution in [0.2, 0.25) is 0 Å². The summed E-state index contributed by atoms with van der Waals surface area (Å²) in [5.74, 6) is 0.815. The molecule has 0 bridgehead atoms. The Bertz CT molecular complexity index is 1110. The lowest BCUT2D eigenvalue weighted by Gasteiger charge is -2.18. The average Bonchev–Trinajstić information content (AvgIpc) is 3.54. The number of benzene rings is 1. The summed E-state index contributed by atoms with van der Waals surface area (Å²) in [6.45, 7) is 3.82. The van der Waals surface area contributed by atoms with Crippen molar-refractivity contribution in [3.05, 3.63) is 52.8 Å². The van der Waals surface area contributed by atoms with E-state index in [-0.39, 0.29) is 16.8 Å². The topological polar surface area (TPSA) is 94.0 Å². The van der Waals surface area contributed by atoms with E-state index in [1.165, 1.54) is 12.1 Å². The molecule has 2 heterocycles. The highest BCUT2D eigenvalue weighted by Crippen LogP contribution is 2.53. The van der Waals surface area contributed by atoms with E-state index in [0.717, 1.165) is 31.2 Å². The van der Waals surface area contributed by atoms with E-state index >= 15 is 0 Å². The van der Waals surface area contributed by atoms with Crippen molar-refractivity contribution in [2.75, 3.05) is 5.32 Å². The summed E-state index contributed by atoms with van der Waals surface area (Å²) < 4.78 is 19.2. The molecule has 0 atom stereocenters. The predicted octanol–water partition coefficient (Wildman–Crippen LogP) is 3.81. The van der Waals surface area contributed by atoms with Gasteiger partial charge in [0.05, 0.1) is 16.4 Å². The van der Waals surface area contributed by atoms with Crippen LogP contribution in [0.1, 0.15) is 60.1 Å². The van der Waals surface area contributed by atoms with Crippen molar-refractivity contribution in [2.45, 2.75) is 50.5 Å². The number of hydrogen-bond donors (Lipinski definition) is 2. The number of hydrogen-bond acceptors (Lipinski definition) is 5. The van der Waals surface area contributed by atoms with Crippen LogP contribution in [0.15, 0.2) is 28.7 Å². The normalized spacial score (nSPS) is 18.8. The van der Waals surface area contributed by atoms with Crippen LogP contribution in [0.25, 0.3) is 11.1 Å². The molecule has 2 aromatic heterocycles. The van der Waals surface area contributed by atoms with Crippen LogP contribution < -0.4 is 11.1 Å². The molecule has 2 fully saturated rings. The third-order valence-electron chi connectivity index (χ3n) is 5.97. The molecular formula is C21H21FN4O2. The molecule has 144 valence electrons. The minimum Gasteiger partial charge on any atom is -0.442 e. The number of halogens is 1. The highest BCUT2D eigenvalue weighted by Gasteiger charge is 2.50. The van der Waals surface area contributed by atoms with Crippen molar-refractivity contribution in [1.29, 1.82) is 0 Å². The number of nitrogens with one attached hydrogen (secondary N) is 1. The molecule has 3 aromatic rings. The quantitative estimate of drug-likeness (QED) is 0.702. The molecule has 1 aromatic carbocycles. The Balaban J connectivity index is 1.70. The van der Waals surface area contributed by atoms with Gasteiger partial charge in [0.25, 0.3) is 5.91 Å². The van der Waals surface area contributed by atoms with Crippen molar-refractivity contribution < 1.29 is 13.6 Å². The molecule has 2 saturated carbocycles. The molecule has 28 heavy (non-hydrogen) atoms. The second-order valence-electron chi connectivity index (χ2n) is 8.25. The van der Waals surface area contributed by atoms with Crippen LogP contribution in [-0.4, -0.2) is 21.4 Å². The zero-order chi connectivity index (χ0) is 19.7. The highest BCUT2D eigenvalue weighted by molar-refractivity contribution is 6.09. The third kappa shape index (κ3) is 2.57. The van der Waals surface area contributed by atoms with Crippen LogP contribution in [-0.2, 0) is 5.41 Å². The number of anilines is 1. The molecule has 7 heteroatoms. The van der Waals surface area contributed by atoms with Crippen molar-refractivity contribution in [1.82, 2.24) is 9.97 Å². The van der Waals surface area contributed by atoms with Gasteiger partial charge in [0, 0.05) is 5.54 Å². The highest BCUT2D eigenvalue weighted by atomic mass is 19.1. The maximum absolute atomic E-state index is 13.4. The first kappa shape index (κ1) is 17.2. The van der Waals surface area contributed by atoms with E-state index in [1.807, 2.05) is 0 Å². The van der Waals surface area contributed by atoms with E-state index in [4.69, 9.17) is 15.1 Å². The zero-order valence-corrected chi connectivity index (χ0v) is 15.8. The Kier molecular flexibility index (Phi) is 3.39. The van der Waals surface area contributed by atoms with Crippen LogP contribution in [0.5, 0.6) is 0 Å². The van der Waals surface area contributed by atoms with E-state index in [1.54, 1.807) is 19.1 Å². The summed E-state index contributed by atoms with van der Waals surface area (Å²) in [5.41, 5.74) is 6.85. The van der Waals surface area contributed by atoms with Crippen molar-refractivity contribution in [3.63, 3.8) is 0 Å². The summed E-state index contributed by atoms with van der Waals surface area (Å²) in [7, 11) is 0. The number of amides is 1. The molecule has 0 radical (unpaired) electrons. The summed E-state index contributed by atoms with van der Waals surface area (Å²) in [4.78, 5) is 21.5. The Labute approximate surface area is 161 Å². The van der Waals surface area contributed by atoms with Gasteiger partial charge >= 0.3 is 0 Å². The second kappa shape index (κ2) is 5.53. The zero-order valence-electron chi connectivity index (χ0n) is 15.8. The number of rotatable bonds is 5. The minimum atomic E-state index is -0.559. The number of fused-ring (bicyclic) bond motifs is 1. The molecule has 3 N–H and O–H groups in total. The molecule has 2 aliphatic carbocycles. The molecule has 6 nitrogen and oxygen atoms in total. The van der Waals surface area contributed by atoms with Gasteiger partial charge in [-0.1, -0.05) is 12.1 Å². The third-order valence-corrected chi connectivity index (χ3v) is 5.97. The lowest BCUT2D eigenvalue weighted by Crippen LogP contribution is -2.21. The molecule has 0 spiro atoms. The van der Waals surface area contributed by atoms with Crippen LogP contribution in [0.4, 0.5) is 10.2 Å². The predicted molar refractivity (Wildman–Crippen MR) is 103 cm³/mol. The lowest BCUT2D eigenvalue weighted by molar-refractivity contribution is 0.1000. The maximum Gasteiger partial charge on any atom is 0.253 e. The van der Waals surface area contributed by atoms with Gasteiger partial charge in [-0.2, -0.15) is 4.98 Å². The number of nitrogens with two attached hydrogens (primary N) is 1. The Morgan fingerprint density at radius 2 is 1.86 bits per heavy atom. The van der Waals surface area contributed by atoms with E-state index in [9.17, 15) is 9.18 Å². The smallest absolute Gasteiger partial charge is 0.253 e. The molecule has 1 amide bonds. The number of primary amides is 1. The van der Waals surface area contributed by atoms with Crippen molar-refractivity contribution in [2.24, 2.45) is 5.73 Å². The van der Waals surface area contributed by atoms with Crippen LogP contribution in [0, 0.1) is 12.7 Å². The lowest BCUT2D eigenvalue weighted by atomic mass is 9.95. The number of furan rings is 1. The summed E-state index contributed by atoms with van der Waals surface area (Å²) in [5, 5.41) is 4.00. The molecule has 0 aliphatic heterocycles. The van der Waals surface area contributed by atoms with E-state index < -0.39 is 5.91 Å². The van der Waals surface area contributed by atoms with E-state index in [0.29, 0.717) is 34.1 Å². The number of carbonyl (C=O) groups is 1. The van der Waals surface area contributed by atoms with Crippen molar-refractivity contribution in [3.8, 4) is 0 Å². The van der Waals surface area contributed by atoms with Crippen LogP contribution in [0.3, 0.4) is 0 Å². The van der Waals surface area contributed by atoms with Gasteiger partial charge < -0.3 is 15.5 Å². The number of carbonyl (C=O) groups excluding carboxylic acids is 1. The fraction of sp³-hybridized carbons (Fsp3) is 0.381. The SMILES string of the molecule is Cc1oc2nc(C3(c4ccc(F)cc4)CC3)nc(NC3(C)CC3)c2c1C(N)=O. The Morgan fingerprint density at radius 3 is 2.43 bits per heavy atom.